The third-order valence-corrected chi connectivity index (χ3v) is 1.95. The molecule has 0 amide bonds. The smallest absolute Gasteiger partial charge is 0.215 e. The van der Waals surface area contributed by atoms with E-state index in [-0.39, 0.29) is 10.8 Å². The predicted molar refractivity (Wildman–Crippen MR) is 47.9 cm³/mol. The molecule has 0 aliphatic heterocycles. The molecule has 0 saturated carbocycles. The normalized spacial score (nSPS) is 12.2. The predicted octanol–water partition coefficient (Wildman–Crippen LogP) is 0.879. The van der Waals surface area contributed by atoms with Gasteiger partial charge in [-0.2, -0.15) is 0 Å². The van der Waals surface area contributed by atoms with E-state index in [0.717, 1.165) is 5.56 Å². The topological polar surface area (TPSA) is 49.7 Å². The molecule has 2 rings (SSSR count). The van der Waals surface area contributed by atoms with E-state index in [0.29, 0.717) is 5.56 Å². The molecule has 2 aromatic carbocycles. The Labute approximate surface area is 74.3 Å². The second-order valence-corrected chi connectivity index (χ2v) is 2.74. The minimum Gasteiger partial charge on any atom is -0.410 e. The Morgan fingerprint density at radius 3 is 2.38 bits per heavy atom. The van der Waals surface area contributed by atoms with Gasteiger partial charge in [-0.3, -0.25) is 4.79 Å². The van der Waals surface area contributed by atoms with Crippen LogP contribution in [0.2, 0.25) is 0 Å². The summed E-state index contributed by atoms with van der Waals surface area (Å²) in [6, 6.07) is 10.9. The Hall–Kier alpha value is -1.90. The van der Waals surface area contributed by atoms with Crippen molar-refractivity contribution in [1.29, 1.82) is 0 Å². The zero-order valence-electron chi connectivity index (χ0n) is 6.77. The van der Waals surface area contributed by atoms with Gasteiger partial charge in [-0.15, -0.1) is 0 Å². The summed E-state index contributed by atoms with van der Waals surface area (Å²) in [5.41, 5.74) is 1.27. The molecule has 0 fully saturated rings. The summed E-state index contributed by atoms with van der Waals surface area (Å²) in [6.45, 7) is 0. The maximum absolute atomic E-state index is 11.2. The van der Waals surface area contributed by atoms with Gasteiger partial charge in [-0.05, 0) is 11.6 Å². The summed E-state index contributed by atoms with van der Waals surface area (Å²) < 4.78 is 0. The molecule has 0 radical (unpaired) electrons. The molecule has 1 N–H and O–H groups in total. The van der Waals surface area contributed by atoms with Gasteiger partial charge < -0.3 is 5.21 Å². The summed E-state index contributed by atoms with van der Waals surface area (Å²) in [7, 11) is 0. The van der Waals surface area contributed by atoms with Crippen LogP contribution in [0.4, 0.5) is 0 Å². The first-order valence-corrected chi connectivity index (χ1v) is 3.87. The molecule has 13 heavy (non-hydrogen) atoms. The maximum Gasteiger partial charge on any atom is 0.215 e. The fourth-order valence-electron chi connectivity index (χ4n) is 1.23. The highest BCUT2D eigenvalue weighted by Gasteiger charge is 2.09. The number of hydrogen-bond donors (Lipinski definition) is 1. The second-order valence-electron chi connectivity index (χ2n) is 2.74. The van der Waals surface area contributed by atoms with Crippen molar-refractivity contribution < 1.29 is 5.21 Å². The Morgan fingerprint density at radius 1 is 1.15 bits per heavy atom. The zero-order chi connectivity index (χ0) is 9.26. The Morgan fingerprint density at radius 2 is 1.85 bits per heavy atom. The first-order chi connectivity index (χ1) is 6.33. The number of hydrogen-bond acceptors (Lipinski definition) is 3. The highest BCUT2D eigenvalue weighted by Crippen LogP contribution is 2.12. The van der Waals surface area contributed by atoms with Crippen molar-refractivity contribution in [2.24, 2.45) is 5.16 Å². The molecule has 2 aromatic rings. The molecule has 0 heterocycles. The summed E-state index contributed by atoms with van der Waals surface area (Å²) in [5, 5.41) is 11.3. The van der Waals surface area contributed by atoms with E-state index >= 15 is 0 Å². The average molecular weight is 173 g/mol. The molecule has 3 heteroatoms. The monoisotopic (exact) mass is 173 g/mol. The minimum absolute atomic E-state index is 0.124. The molecular formula is C10H7NO2. The second kappa shape index (κ2) is 2.86. The molecule has 0 spiro atoms. The quantitative estimate of drug-likeness (QED) is 0.514. The van der Waals surface area contributed by atoms with Crippen LogP contribution in [0.15, 0.2) is 46.3 Å². The molecule has 0 aromatic heterocycles. The Bertz CT molecular complexity index is 493. The summed E-state index contributed by atoms with van der Waals surface area (Å²) in [6.07, 6.45) is 0. The molecule has 0 unspecified atom stereocenters. The number of benzene rings is 1. The van der Waals surface area contributed by atoms with E-state index in [4.69, 9.17) is 5.21 Å². The summed E-state index contributed by atoms with van der Waals surface area (Å²) >= 11 is 0. The van der Waals surface area contributed by atoms with Gasteiger partial charge >= 0.3 is 0 Å². The first-order valence-electron chi connectivity index (χ1n) is 3.87. The van der Waals surface area contributed by atoms with E-state index in [1.165, 1.54) is 0 Å². The van der Waals surface area contributed by atoms with Crippen LogP contribution in [0.25, 0.3) is 11.1 Å². The van der Waals surface area contributed by atoms with Gasteiger partial charge in [0.25, 0.3) is 0 Å². The van der Waals surface area contributed by atoms with Gasteiger partial charge in [-0.1, -0.05) is 35.5 Å². The Balaban J connectivity index is 2.52. The van der Waals surface area contributed by atoms with Crippen molar-refractivity contribution in [1.82, 2.24) is 0 Å². The third-order valence-electron chi connectivity index (χ3n) is 1.95. The van der Waals surface area contributed by atoms with E-state index in [9.17, 15) is 4.79 Å². The van der Waals surface area contributed by atoms with Crippen LogP contribution in [0.5, 0.6) is 0 Å². The lowest BCUT2D eigenvalue weighted by molar-refractivity contribution is 0.300. The van der Waals surface area contributed by atoms with Crippen LogP contribution in [0.3, 0.4) is 0 Å². The molecular weight excluding hydrogens is 166 g/mol. The molecule has 0 aliphatic carbocycles. The van der Waals surface area contributed by atoms with Crippen molar-refractivity contribution >= 4 is 0 Å². The van der Waals surface area contributed by atoms with Crippen molar-refractivity contribution in [3.05, 3.63) is 52.0 Å². The van der Waals surface area contributed by atoms with Crippen LogP contribution >= 0.6 is 0 Å². The maximum atomic E-state index is 11.2. The largest absolute Gasteiger partial charge is 0.410 e. The fraction of sp³-hybridized carbons (Fsp3) is 0. The molecule has 0 aliphatic rings. The lowest BCUT2D eigenvalue weighted by atomic mass is 10.0. The van der Waals surface area contributed by atoms with Crippen molar-refractivity contribution in [3.63, 3.8) is 0 Å². The van der Waals surface area contributed by atoms with Gasteiger partial charge in [0.2, 0.25) is 5.43 Å². The van der Waals surface area contributed by atoms with Crippen molar-refractivity contribution in [2.75, 3.05) is 0 Å². The minimum atomic E-state index is -0.200. The van der Waals surface area contributed by atoms with Crippen LogP contribution in [0, 0.1) is 0 Å². The standard InChI is InChI=1S/C10H7NO2/c12-10-8(6-9(10)11-13)7-4-2-1-3-5-7/h1-6,13H/b11-9-. The van der Waals surface area contributed by atoms with Gasteiger partial charge in [0.15, 0.2) is 5.36 Å². The molecule has 3 nitrogen and oxygen atoms in total. The Kier molecular flexibility index (Phi) is 1.70. The average Bonchev–Trinajstić information content (AvgIpc) is 2.18. The molecule has 0 atom stereocenters. The zero-order valence-corrected chi connectivity index (χ0v) is 6.77. The lowest BCUT2D eigenvalue weighted by Gasteiger charge is -2.01. The first kappa shape index (κ1) is 7.73. The van der Waals surface area contributed by atoms with Gasteiger partial charge in [-0.25, -0.2) is 0 Å². The van der Waals surface area contributed by atoms with Crippen molar-refractivity contribution in [3.8, 4) is 11.1 Å². The van der Waals surface area contributed by atoms with Gasteiger partial charge in [0, 0.05) is 5.56 Å². The highest BCUT2D eigenvalue weighted by atomic mass is 16.4. The SMILES string of the molecule is O=c1c(-c2ccccc2)c/c1=N/O. The summed E-state index contributed by atoms with van der Waals surface area (Å²) in [4.78, 5) is 11.2. The van der Waals surface area contributed by atoms with E-state index in [1.54, 1.807) is 6.07 Å². The van der Waals surface area contributed by atoms with Gasteiger partial charge in [0.05, 0.1) is 0 Å². The van der Waals surface area contributed by atoms with Crippen LogP contribution in [-0.4, -0.2) is 5.21 Å². The highest BCUT2D eigenvalue weighted by molar-refractivity contribution is 5.65. The van der Waals surface area contributed by atoms with Crippen LogP contribution < -0.4 is 10.8 Å². The van der Waals surface area contributed by atoms with Crippen molar-refractivity contribution in [2.45, 2.75) is 0 Å². The van der Waals surface area contributed by atoms with Crippen LogP contribution in [-0.2, 0) is 0 Å². The van der Waals surface area contributed by atoms with Gasteiger partial charge in [0.1, 0.15) is 0 Å². The number of rotatable bonds is 1. The molecule has 0 saturated heterocycles. The number of nitrogens with zero attached hydrogens (tertiary/aromatic N) is 1. The third kappa shape index (κ3) is 1.14. The van der Waals surface area contributed by atoms with E-state index in [1.807, 2.05) is 30.3 Å². The van der Waals surface area contributed by atoms with E-state index in [2.05, 4.69) is 5.16 Å². The fourth-order valence-corrected chi connectivity index (χ4v) is 1.23. The van der Waals surface area contributed by atoms with Crippen LogP contribution in [0.1, 0.15) is 0 Å². The van der Waals surface area contributed by atoms with E-state index < -0.39 is 0 Å². The molecule has 64 valence electrons. The molecule has 0 bridgehead atoms. The summed E-state index contributed by atoms with van der Waals surface area (Å²) in [5.74, 6) is 0. The lowest BCUT2D eigenvalue weighted by Crippen LogP contribution is -2.32.